The minimum Gasteiger partial charge on any atom is -0.478 e. The average Bonchev–Trinajstić information content (AvgIpc) is 2.99. The molecule has 8 heteroatoms. The first kappa shape index (κ1) is 43.7. The Morgan fingerprint density at radius 2 is 0.659 bits per heavy atom. The van der Waals surface area contributed by atoms with Gasteiger partial charge in [-0.1, -0.05) is 118 Å². The largest absolute Gasteiger partial charge is 0.478 e. The maximum absolute atomic E-state index is 11.5. The van der Waals surface area contributed by atoms with Crippen molar-refractivity contribution in [3.63, 3.8) is 0 Å². The molecule has 0 radical (unpaired) electrons. The quantitative estimate of drug-likeness (QED) is 0.0477. The van der Waals surface area contributed by atoms with Gasteiger partial charge >= 0.3 is 23.9 Å². The van der Waals surface area contributed by atoms with Gasteiger partial charge in [-0.25, -0.2) is 9.59 Å². The summed E-state index contributed by atoms with van der Waals surface area (Å²) in [6.45, 7) is 9.49. The molecular weight excluding hydrogens is 560 g/mol. The third kappa shape index (κ3) is 29.7. The molecule has 8 nitrogen and oxygen atoms in total. The van der Waals surface area contributed by atoms with Gasteiger partial charge in [0.1, 0.15) is 0 Å². The molecule has 44 heavy (non-hydrogen) atoms. The van der Waals surface area contributed by atoms with Crippen LogP contribution in [0.25, 0.3) is 0 Å². The summed E-state index contributed by atoms with van der Waals surface area (Å²) in [4.78, 5) is 45.5. The third-order valence-electron chi connectivity index (χ3n) is 7.47. The number of ether oxygens (including phenoxy) is 2. The van der Waals surface area contributed by atoms with Crippen molar-refractivity contribution in [1.29, 1.82) is 0 Å². The third-order valence-corrected chi connectivity index (χ3v) is 7.47. The highest BCUT2D eigenvalue weighted by molar-refractivity contribution is 5.98. The number of carbonyl (C=O) groups excluding carboxylic acids is 2. The van der Waals surface area contributed by atoms with E-state index in [9.17, 15) is 29.4 Å². The molecule has 0 fully saturated rings. The molecule has 2 N–H and O–H groups in total. The lowest BCUT2D eigenvalue weighted by Crippen LogP contribution is -2.12. The van der Waals surface area contributed by atoms with E-state index in [0.717, 1.165) is 64.2 Å². The number of aliphatic carboxylic acids is 2. The number of unbranched alkanes of at least 4 members (excludes halogenated alkanes) is 15. The van der Waals surface area contributed by atoms with E-state index >= 15 is 0 Å². The molecule has 0 saturated heterocycles. The van der Waals surface area contributed by atoms with E-state index in [2.05, 4.69) is 27.7 Å². The molecule has 0 aliphatic carbocycles. The maximum Gasteiger partial charge on any atom is 0.332 e. The van der Waals surface area contributed by atoms with Crippen molar-refractivity contribution in [2.75, 3.05) is 13.2 Å². The second-order valence-corrected chi connectivity index (χ2v) is 11.7. The molecule has 0 bridgehead atoms. The predicted octanol–water partition coefficient (Wildman–Crippen LogP) is 9.97. The van der Waals surface area contributed by atoms with Crippen LogP contribution in [-0.4, -0.2) is 47.3 Å². The van der Waals surface area contributed by atoms with Gasteiger partial charge in [0.2, 0.25) is 0 Å². The molecule has 0 rings (SSSR count). The highest BCUT2D eigenvalue weighted by atomic mass is 16.5. The van der Waals surface area contributed by atoms with Crippen LogP contribution in [0, 0.1) is 0 Å². The Morgan fingerprint density at radius 3 is 0.955 bits per heavy atom. The van der Waals surface area contributed by atoms with E-state index in [0.29, 0.717) is 51.7 Å². The summed E-state index contributed by atoms with van der Waals surface area (Å²) in [6, 6.07) is 0. The topological polar surface area (TPSA) is 127 Å². The minimum absolute atomic E-state index is 0.122. The summed E-state index contributed by atoms with van der Waals surface area (Å²) < 4.78 is 10.0. The van der Waals surface area contributed by atoms with Gasteiger partial charge in [-0.15, -0.1) is 0 Å². The zero-order chi connectivity index (χ0) is 33.3. The molecule has 0 aliphatic heterocycles. The van der Waals surface area contributed by atoms with E-state index in [4.69, 9.17) is 9.47 Å². The second-order valence-electron chi connectivity index (χ2n) is 11.7. The van der Waals surface area contributed by atoms with Gasteiger partial charge in [-0.05, 0) is 51.4 Å². The van der Waals surface area contributed by atoms with E-state index < -0.39 is 11.9 Å². The maximum atomic E-state index is 11.5. The standard InChI is InChI=1S/C22H40O4.C14H26O4/c1-3-5-7-9-11-13-15-17-19(21(23)24)20(22(25)26)18-16-14-12-10-8-6-4-2;1-3-5-11-17-13(15)9-7-8-10-14(16)18-12-6-4-2/h3-18H2,1-2H3,(H,23,24)(H,25,26);3-12H2,1-2H3/b20-19+;. The first-order chi connectivity index (χ1) is 21.2. The number of hydrogen-bond donors (Lipinski definition) is 2. The smallest absolute Gasteiger partial charge is 0.332 e. The lowest BCUT2D eigenvalue weighted by atomic mass is 9.96. The molecule has 0 aromatic heterocycles. The fourth-order valence-electron chi connectivity index (χ4n) is 4.64. The van der Waals surface area contributed by atoms with Crippen LogP contribution in [0.3, 0.4) is 0 Å². The fraction of sp³-hybridized carbons (Fsp3) is 0.833. The Hall–Kier alpha value is -2.38. The molecule has 0 saturated carbocycles. The van der Waals surface area contributed by atoms with Crippen LogP contribution in [0.5, 0.6) is 0 Å². The molecule has 0 aromatic carbocycles. The Kier molecular flexibility index (Phi) is 33.3. The molecular formula is C36H66O8. The number of esters is 2. The van der Waals surface area contributed by atoms with Crippen molar-refractivity contribution in [2.45, 2.75) is 182 Å². The molecule has 0 aliphatic rings. The average molecular weight is 627 g/mol. The number of rotatable bonds is 29. The lowest BCUT2D eigenvalue weighted by Gasteiger charge is -2.09. The first-order valence-corrected chi connectivity index (χ1v) is 17.7. The fourth-order valence-corrected chi connectivity index (χ4v) is 4.64. The highest BCUT2D eigenvalue weighted by Crippen LogP contribution is 2.21. The van der Waals surface area contributed by atoms with Crippen LogP contribution >= 0.6 is 0 Å². The van der Waals surface area contributed by atoms with Crippen molar-refractivity contribution < 1.29 is 38.9 Å². The van der Waals surface area contributed by atoms with Crippen LogP contribution in [0.4, 0.5) is 0 Å². The van der Waals surface area contributed by atoms with Crippen LogP contribution in [-0.2, 0) is 28.7 Å². The van der Waals surface area contributed by atoms with Crippen LogP contribution < -0.4 is 0 Å². The van der Waals surface area contributed by atoms with Crippen LogP contribution in [0.15, 0.2) is 11.1 Å². The summed E-state index contributed by atoms with van der Waals surface area (Å²) in [5.74, 6) is -2.45. The van der Waals surface area contributed by atoms with Gasteiger partial charge in [0, 0.05) is 24.0 Å². The lowest BCUT2D eigenvalue weighted by molar-refractivity contribution is -0.146. The predicted molar refractivity (Wildman–Crippen MR) is 178 cm³/mol. The molecule has 0 unspecified atom stereocenters. The molecule has 258 valence electrons. The summed E-state index contributed by atoms with van der Waals surface area (Å²) in [5.41, 5.74) is 0.245. The normalized spacial score (nSPS) is 11.3. The molecule has 0 spiro atoms. The van der Waals surface area contributed by atoms with Gasteiger partial charge in [0.05, 0.1) is 13.2 Å². The van der Waals surface area contributed by atoms with Crippen LogP contribution in [0.1, 0.15) is 182 Å². The van der Waals surface area contributed by atoms with Crippen molar-refractivity contribution in [2.24, 2.45) is 0 Å². The SMILES string of the molecule is CCCCCCCCC/C(C(=O)O)=C(/CCCCCCCCC)C(=O)O.CCCCOC(=O)CCCCC(=O)OCCCC. The Labute approximate surface area is 268 Å². The summed E-state index contributed by atoms with van der Waals surface area (Å²) in [6.07, 6.45) is 22.3. The number of hydrogen-bond acceptors (Lipinski definition) is 6. The van der Waals surface area contributed by atoms with Gasteiger partial charge < -0.3 is 19.7 Å². The van der Waals surface area contributed by atoms with Crippen molar-refractivity contribution >= 4 is 23.9 Å². The summed E-state index contributed by atoms with van der Waals surface area (Å²) in [5, 5.41) is 18.9. The van der Waals surface area contributed by atoms with Crippen molar-refractivity contribution in [3.05, 3.63) is 11.1 Å². The number of carboxylic acid groups (broad SMARTS) is 2. The van der Waals surface area contributed by atoms with Crippen molar-refractivity contribution in [1.82, 2.24) is 0 Å². The summed E-state index contributed by atoms with van der Waals surface area (Å²) >= 11 is 0. The van der Waals surface area contributed by atoms with E-state index in [1.165, 1.54) is 51.4 Å². The molecule has 0 atom stereocenters. The van der Waals surface area contributed by atoms with Gasteiger partial charge in [-0.2, -0.15) is 0 Å². The zero-order valence-electron chi connectivity index (χ0n) is 28.7. The first-order valence-electron chi connectivity index (χ1n) is 17.7. The molecule has 0 aromatic rings. The zero-order valence-corrected chi connectivity index (χ0v) is 28.7. The second kappa shape index (κ2) is 33.5. The van der Waals surface area contributed by atoms with E-state index in [-0.39, 0.29) is 23.1 Å². The monoisotopic (exact) mass is 626 g/mol. The van der Waals surface area contributed by atoms with Crippen molar-refractivity contribution in [3.8, 4) is 0 Å². The van der Waals surface area contributed by atoms with E-state index in [1.54, 1.807) is 0 Å². The summed E-state index contributed by atoms with van der Waals surface area (Å²) in [7, 11) is 0. The number of carboxylic acids is 2. The van der Waals surface area contributed by atoms with Crippen LogP contribution in [0.2, 0.25) is 0 Å². The highest BCUT2D eigenvalue weighted by Gasteiger charge is 2.19. The van der Waals surface area contributed by atoms with Gasteiger partial charge in [0.15, 0.2) is 0 Å². The Balaban J connectivity index is 0. The minimum atomic E-state index is -1.06. The number of carbonyl (C=O) groups is 4. The molecule has 0 amide bonds. The van der Waals surface area contributed by atoms with Gasteiger partial charge in [-0.3, -0.25) is 9.59 Å². The van der Waals surface area contributed by atoms with Gasteiger partial charge in [0.25, 0.3) is 0 Å². The Morgan fingerprint density at radius 1 is 0.386 bits per heavy atom. The Bertz CT molecular complexity index is 697. The molecule has 0 heterocycles. The van der Waals surface area contributed by atoms with E-state index in [1.807, 2.05) is 0 Å².